The van der Waals surface area contributed by atoms with E-state index in [2.05, 4.69) is 5.32 Å². The lowest BCUT2D eigenvalue weighted by Crippen LogP contribution is -2.37. The SMILES string of the molecule is COc1ccc(C(=O)Nc2ccc(N3CCOCC3)c(C(=O)O)c2)cc1. The van der Waals surface area contributed by atoms with Crippen LogP contribution in [0.1, 0.15) is 20.7 Å². The van der Waals surface area contributed by atoms with E-state index in [0.717, 1.165) is 0 Å². The Kier molecular flexibility index (Phi) is 5.38. The molecule has 7 nitrogen and oxygen atoms in total. The van der Waals surface area contributed by atoms with Gasteiger partial charge in [-0.2, -0.15) is 0 Å². The maximum absolute atomic E-state index is 12.4. The zero-order valence-electron chi connectivity index (χ0n) is 14.4. The number of ether oxygens (including phenoxy) is 2. The van der Waals surface area contributed by atoms with Gasteiger partial charge in [0.2, 0.25) is 0 Å². The van der Waals surface area contributed by atoms with Gasteiger partial charge in [-0.3, -0.25) is 4.79 Å². The highest BCUT2D eigenvalue weighted by Crippen LogP contribution is 2.26. The van der Waals surface area contributed by atoms with Gasteiger partial charge < -0.3 is 24.8 Å². The van der Waals surface area contributed by atoms with Crippen LogP contribution < -0.4 is 15.0 Å². The Morgan fingerprint density at radius 1 is 1.12 bits per heavy atom. The third kappa shape index (κ3) is 3.94. The summed E-state index contributed by atoms with van der Waals surface area (Å²) in [5.74, 6) is -0.695. The first-order valence-electron chi connectivity index (χ1n) is 8.24. The number of nitrogens with zero attached hydrogens (tertiary/aromatic N) is 1. The Balaban J connectivity index is 1.80. The fourth-order valence-electron chi connectivity index (χ4n) is 2.81. The topological polar surface area (TPSA) is 88.1 Å². The van der Waals surface area contributed by atoms with Gasteiger partial charge in [0.1, 0.15) is 5.75 Å². The lowest BCUT2D eigenvalue weighted by Gasteiger charge is -2.30. The monoisotopic (exact) mass is 356 g/mol. The number of rotatable bonds is 5. The Labute approximate surface area is 151 Å². The van der Waals surface area contributed by atoms with Crippen LogP contribution in [-0.4, -0.2) is 50.4 Å². The predicted octanol–water partition coefficient (Wildman–Crippen LogP) is 2.48. The standard InChI is InChI=1S/C19H20N2O5/c1-25-15-5-2-13(3-6-15)18(22)20-14-4-7-17(16(12-14)19(23)24)21-8-10-26-11-9-21/h2-7,12H,8-11H2,1H3,(H,20,22)(H,23,24). The summed E-state index contributed by atoms with van der Waals surface area (Å²) in [4.78, 5) is 26.0. The predicted molar refractivity (Wildman–Crippen MR) is 97.4 cm³/mol. The molecule has 7 heteroatoms. The zero-order chi connectivity index (χ0) is 18.5. The van der Waals surface area contributed by atoms with Crippen molar-refractivity contribution < 1.29 is 24.2 Å². The number of amides is 1. The van der Waals surface area contributed by atoms with E-state index < -0.39 is 5.97 Å². The Bertz CT molecular complexity index is 798. The van der Waals surface area contributed by atoms with Crippen LogP contribution in [0.15, 0.2) is 42.5 Å². The molecule has 1 aliphatic heterocycles. The molecule has 1 saturated heterocycles. The molecule has 1 amide bonds. The molecule has 136 valence electrons. The molecule has 2 aromatic carbocycles. The normalized spacial score (nSPS) is 14.0. The molecule has 0 aromatic heterocycles. The van der Waals surface area contributed by atoms with Crippen LogP contribution in [-0.2, 0) is 4.74 Å². The number of nitrogens with one attached hydrogen (secondary N) is 1. The molecule has 0 radical (unpaired) electrons. The van der Waals surface area contributed by atoms with Crippen molar-refractivity contribution in [2.24, 2.45) is 0 Å². The molecular formula is C19H20N2O5. The van der Waals surface area contributed by atoms with Crippen LogP contribution in [0.4, 0.5) is 11.4 Å². The molecule has 1 aliphatic rings. The van der Waals surface area contributed by atoms with E-state index in [9.17, 15) is 14.7 Å². The average Bonchev–Trinajstić information content (AvgIpc) is 2.68. The van der Waals surface area contributed by atoms with E-state index in [1.807, 2.05) is 4.90 Å². The second kappa shape index (κ2) is 7.88. The van der Waals surface area contributed by atoms with Crippen molar-refractivity contribution in [3.05, 3.63) is 53.6 Å². The average molecular weight is 356 g/mol. The van der Waals surface area contributed by atoms with Gasteiger partial charge in [-0.1, -0.05) is 0 Å². The van der Waals surface area contributed by atoms with Crippen LogP contribution in [0.5, 0.6) is 5.75 Å². The number of hydrogen-bond donors (Lipinski definition) is 2. The molecule has 1 fully saturated rings. The van der Waals surface area contributed by atoms with E-state index in [0.29, 0.717) is 49.0 Å². The molecule has 0 unspecified atom stereocenters. The molecule has 0 bridgehead atoms. The molecule has 26 heavy (non-hydrogen) atoms. The molecule has 2 aromatic rings. The van der Waals surface area contributed by atoms with Gasteiger partial charge in [-0.15, -0.1) is 0 Å². The quantitative estimate of drug-likeness (QED) is 0.856. The number of morpholine rings is 1. The van der Waals surface area contributed by atoms with Crippen molar-refractivity contribution in [3.8, 4) is 5.75 Å². The number of carboxylic acids is 1. The number of hydrogen-bond acceptors (Lipinski definition) is 5. The molecular weight excluding hydrogens is 336 g/mol. The van der Waals surface area contributed by atoms with Gasteiger partial charge in [0, 0.05) is 24.3 Å². The fraction of sp³-hybridized carbons (Fsp3) is 0.263. The van der Waals surface area contributed by atoms with Crippen LogP contribution in [0.25, 0.3) is 0 Å². The molecule has 0 atom stereocenters. The summed E-state index contributed by atoms with van der Waals surface area (Å²) in [6.07, 6.45) is 0. The van der Waals surface area contributed by atoms with Gasteiger partial charge in [-0.25, -0.2) is 4.79 Å². The van der Waals surface area contributed by atoms with Gasteiger partial charge in [0.15, 0.2) is 0 Å². The van der Waals surface area contributed by atoms with Crippen molar-refractivity contribution in [1.82, 2.24) is 0 Å². The lowest BCUT2D eigenvalue weighted by atomic mass is 10.1. The number of methoxy groups -OCH3 is 1. The first kappa shape index (κ1) is 17.8. The summed E-state index contributed by atoms with van der Waals surface area (Å²) < 4.78 is 10.4. The van der Waals surface area contributed by atoms with E-state index in [1.165, 1.54) is 6.07 Å². The number of carbonyl (C=O) groups is 2. The number of benzene rings is 2. The highest BCUT2D eigenvalue weighted by molar-refractivity contribution is 6.05. The third-order valence-electron chi connectivity index (χ3n) is 4.19. The molecule has 0 aliphatic carbocycles. The fourth-order valence-corrected chi connectivity index (χ4v) is 2.81. The largest absolute Gasteiger partial charge is 0.497 e. The molecule has 0 saturated carbocycles. The summed E-state index contributed by atoms with van der Waals surface area (Å²) in [5.41, 5.74) is 1.67. The van der Waals surface area contributed by atoms with Gasteiger partial charge >= 0.3 is 5.97 Å². The third-order valence-corrected chi connectivity index (χ3v) is 4.19. The van der Waals surface area contributed by atoms with Crippen LogP contribution in [0, 0.1) is 0 Å². The van der Waals surface area contributed by atoms with Crippen LogP contribution >= 0.6 is 0 Å². The van der Waals surface area contributed by atoms with Gasteiger partial charge in [0.25, 0.3) is 5.91 Å². The second-order valence-corrected chi connectivity index (χ2v) is 5.82. The summed E-state index contributed by atoms with van der Waals surface area (Å²) >= 11 is 0. The summed E-state index contributed by atoms with van der Waals surface area (Å²) in [7, 11) is 1.55. The molecule has 1 heterocycles. The summed E-state index contributed by atoms with van der Waals surface area (Å²) in [6, 6.07) is 11.6. The van der Waals surface area contributed by atoms with E-state index in [4.69, 9.17) is 9.47 Å². The first-order valence-corrected chi connectivity index (χ1v) is 8.24. The van der Waals surface area contributed by atoms with Crippen molar-refractivity contribution in [2.45, 2.75) is 0 Å². The van der Waals surface area contributed by atoms with Crippen LogP contribution in [0.2, 0.25) is 0 Å². The number of carbonyl (C=O) groups excluding carboxylic acids is 1. The van der Waals surface area contributed by atoms with Crippen molar-refractivity contribution in [3.63, 3.8) is 0 Å². The number of anilines is 2. The summed E-state index contributed by atoms with van der Waals surface area (Å²) in [6.45, 7) is 2.40. The molecule has 3 rings (SSSR count). The van der Waals surface area contributed by atoms with Gasteiger partial charge in [0.05, 0.1) is 31.6 Å². The van der Waals surface area contributed by atoms with Crippen LogP contribution in [0.3, 0.4) is 0 Å². The smallest absolute Gasteiger partial charge is 0.337 e. The molecule has 0 spiro atoms. The Morgan fingerprint density at radius 3 is 2.42 bits per heavy atom. The zero-order valence-corrected chi connectivity index (χ0v) is 14.4. The van der Waals surface area contributed by atoms with Crippen molar-refractivity contribution in [2.75, 3.05) is 43.6 Å². The maximum atomic E-state index is 12.4. The minimum absolute atomic E-state index is 0.152. The lowest BCUT2D eigenvalue weighted by molar-refractivity contribution is 0.0696. The highest BCUT2D eigenvalue weighted by atomic mass is 16.5. The van der Waals surface area contributed by atoms with E-state index >= 15 is 0 Å². The molecule has 2 N–H and O–H groups in total. The number of carboxylic acid groups (broad SMARTS) is 1. The minimum atomic E-state index is -1.04. The highest BCUT2D eigenvalue weighted by Gasteiger charge is 2.19. The summed E-state index contributed by atoms with van der Waals surface area (Å²) in [5, 5.41) is 12.3. The Hall–Kier alpha value is -3.06. The Morgan fingerprint density at radius 2 is 1.81 bits per heavy atom. The van der Waals surface area contributed by atoms with E-state index in [-0.39, 0.29) is 11.5 Å². The maximum Gasteiger partial charge on any atom is 0.337 e. The number of aromatic carboxylic acids is 1. The first-order chi connectivity index (χ1) is 12.6. The van der Waals surface area contributed by atoms with E-state index in [1.54, 1.807) is 43.5 Å². The van der Waals surface area contributed by atoms with Gasteiger partial charge in [-0.05, 0) is 42.5 Å². The van der Waals surface area contributed by atoms with Crippen molar-refractivity contribution >= 4 is 23.3 Å². The van der Waals surface area contributed by atoms with Crippen molar-refractivity contribution in [1.29, 1.82) is 0 Å². The second-order valence-electron chi connectivity index (χ2n) is 5.82. The minimum Gasteiger partial charge on any atom is -0.497 e.